The van der Waals surface area contributed by atoms with Crippen molar-refractivity contribution in [2.45, 2.75) is 25.3 Å². The Hall–Kier alpha value is -2.43. The van der Waals surface area contributed by atoms with Gasteiger partial charge < -0.3 is 16.0 Å². The lowest BCUT2D eigenvalue weighted by Gasteiger charge is -2.33. The van der Waals surface area contributed by atoms with Crippen molar-refractivity contribution in [3.63, 3.8) is 0 Å². The first-order valence-corrected chi connectivity index (χ1v) is 6.29. The van der Waals surface area contributed by atoms with Gasteiger partial charge in [-0.2, -0.15) is 10.2 Å². The summed E-state index contributed by atoms with van der Waals surface area (Å²) in [4.78, 5) is 20.6. The van der Waals surface area contributed by atoms with Crippen LogP contribution in [-0.4, -0.2) is 35.0 Å². The minimum atomic E-state index is -0.508. The summed E-state index contributed by atoms with van der Waals surface area (Å²) >= 11 is 0. The van der Waals surface area contributed by atoms with Gasteiger partial charge in [-0.25, -0.2) is 9.37 Å². The first-order valence-electron chi connectivity index (χ1n) is 6.29. The Morgan fingerprint density at radius 2 is 2.30 bits per heavy atom. The maximum absolute atomic E-state index is 13.6. The number of piperidine rings is 1. The van der Waals surface area contributed by atoms with Crippen molar-refractivity contribution in [1.82, 2.24) is 15.3 Å². The highest BCUT2D eigenvalue weighted by Gasteiger charge is 2.23. The fraction of sp³-hybridized carbons (Fsp3) is 0.500. The van der Waals surface area contributed by atoms with E-state index in [1.165, 1.54) is 0 Å². The van der Waals surface area contributed by atoms with Crippen LogP contribution in [0.25, 0.3) is 0 Å². The molecular formula is C12H15FN6O. The van der Waals surface area contributed by atoms with Crippen LogP contribution in [0.2, 0.25) is 0 Å². The van der Waals surface area contributed by atoms with Gasteiger partial charge in [0.05, 0.1) is 12.3 Å². The Labute approximate surface area is 115 Å². The van der Waals surface area contributed by atoms with Crippen LogP contribution in [0, 0.1) is 17.1 Å². The van der Waals surface area contributed by atoms with Crippen molar-refractivity contribution < 1.29 is 9.18 Å². The van der Waals surface area contributed by atoms with E-state index in [1.807, 2.05) is 0 Å². The highest BCUT2D eigenvalue weighted by molar-refractivity contribution is 5.78. The Morgan fingerprint density at radius 3 is 2.95 bits per heavy atom. The molecule has 1 aliphatic heterocycles. The summed E-state index contributed by atoms with van der Waals surface area (Å²) in [5, 5.41) is 11.2. The average Bonchev–Trinajstić information content (AvgIpc) is 2.43. The zero-order valence-electron chi connectivity index (χ0n) is 10.8. The van der Waals surface area contributed by atoms with Crippen LogP contribution in [-0.2, 0) is 4.79 Å². The summed E-state index contributed by atoms with van der Waals surface area (Å²) in [5.74, 6) is -0.556. The second-order valence-electron chi connectivity index (χ2n) is 4.56. The molecule has 0 aromatic carbocycles. The number of anilines is 2. The molecule has 1 amide bonds. The molecule has 7 nitrogen and oxygen atoms in total. The first kappa shape index (κ1) is 14.0. The first-order chi connectivity index (χ1) is 9.60. The van der Waals surface area contributed by atoms with Crippen LogP contribution in [0.3, 0.4) is 0 Å². The van der Waals surface area contributed by atoms with Crippen LogP contribution in [0.5, 0.6) is 0 Å². The van der Waals surface area contributed by atoms with Crippen LogP contribution in [0.1, 0.15) is 19.3 Å². The Morgan fingerprint density at radius 1 is 1.60 bits per heavy atom. The van der Waals surface area contributed by atoms with E-state index in [4.69, 9.17) is 11.0 Å². The van der Waals surface area contributed by atoms with Gasteiger partial charge in [0.2, 0.25) is 11.9 Å². The van der Waals surface area contributed by atoms with E-state index in [1.54, 1.807) is 11.0 Å². The van der Waals surface area contributed by atoms with Crippen molar-refractivity contribution in [3.05, 3.63) is 12.0 Å². The largest absolute Gasteiger partial charge is 0.368 e. The number of aromatic nitrogens is 2. The smallest absolute Gasteiger partial charge is 0.234 e. The zero-order chi connectivity index (χ0) is 14.5. The molecule has 1 aliphatic rings. The van der Waals surface area contributed by atoms with Crippen molar-refractivity contribution in [3.8, 4) is 6.07 Å². The molecule has 106 valence electrons. The number of carbonyl (C=O) groups is 1. The number of halogens is 1. The molecule has 0 atom stereocenters. The summed E-state index contributed by atoms with van der Waals surface area (Å²) in [6, 6.07) is 1.81. The van der Waals surface area contributed by atoms with Crippen molar-refractivity contribution >= 4 is 17.7 Å². The molecule has 1 fully saturated rings. The van der Waals surface area contributed by atoms with Gasteiger partial charge in [0.1, 0.15) is 6.42 Å². The lowest BCUT2D eigenvalue weighted by atomic mass is 10.0. The lowest BCUT2D eigenvalue weighted by Crippen LogP contribution is -2.45. The molecule has 0 spiro atoms. The fourth-order valence-electron chi connectivity index (χ4n) is 2.18. The predicted octanol–water partition coefficient (Wildman–Crippen LogP) is 0.197. The summed E-state index contributed by atoms with van der Waals surface area (Å²) in [6.45, 7) is 1.12. The van der Waals surface area contributed by atoms with Crippen LogP contribution < -0.4 is 16.0 Å². The van der Waals surface area contributed by atoms with Gasteiger partial charge in [-0.3, -0.25) is 4.79 Å². The van der Waals surface area contributed by atoms with Crippen LogP contribution >= 0.6 is 0 Å². The minimum Gasteiger partial charge on any atom is -0.368 e. The number of carbonyl (C=O) groups excluding carboxylic acids is 1. The number of amides is 1. The van der Waals surface area contributed by atoms with Gasteiger partial charge in [0.15, 0.2) is 11.6 Å². The number of rotatable bonds is 3. The quantitative estimate of drug-likeness (QED) is 0.817. The molecule has 1 saturated heterocycles. The fourth-order valence-corrected chi connectivity index (χ4v) is 2.18. The SMILES string of the molecule is N#CCC(=O)NC1CCN(c2nc(N)ncc2F)CC1. The van der Waals surface area contributed by atoms with E-state index in [-0.39, 0.29) is 30.1 Å². The topological polar surface area (TPSA) is 108 Å². The molecule has 1 aromatic rings. The molecule has 0 bridgehead atoms. The normalized spacial score (nSPS) is 15.7. The molecule has 0 unspecified atom stereocenters. The van der Waals surface area contributed by atoms with E-state index >= 15 is 0 Å². The maximum Gasteiger partial charge on any atom is 0.234 e. The second-order valence-corrected chi connectivity index (χ2v) is 4.56. The van der Waals surface area contributed by atoms with Crippen molar-refractivity contribution in [2.75, 3.05) is 23.7 Å². The van der Waals surface area contributed by atoms with Crippen molar-refractivity contribution in [1.29, 1.82) is 5.26 Å². The standard InChI is InChI=1S/C12H15FN6O/c13-9-7-16-12(15)18-11(9)19-5-2-8(3-6-19)17-10(20)1-4-14/h7-8H,1-3,5-6H2,(H,17,20)(H2,15,16,18). The predicted molar refractivity (Wildman–Crippen MR) is 70.0 cm³/mol. The summed E-state index contributed by atoms with van der Waals surface area (Å²) in [7, 11) is 0. The van der Waals surface area contributed by atoms with Crippen LogP contribution in [0.4, 0.5) is 16.2 Å². The number of nitrogens with zero attached hydrogens (tertiary/aromatic N) is 4. The number of nitrogen functional groups attached to an aromatic ring is 1. The Balaban J connectivity index is 1.93. The number of nitrogens with two attached hydrogens (primary N) is 1. The van der Waals surface area contributed by atoms with Gasteiger partial charge in [-0.15, -0.1) is 0 Å². The average molecular weight is 278 g/mol. The highest BCUT2D eigenvalue weighted by atomic mass is 19.1. The number of nitriles is 1. The number of hydrogen-bond donors (Lipinski definition) is 2. The highest BCUT2D eigenvalue weighted by Crippen LogP contribution is 2.21. The van der Waals surface area contributed by atoms with E-state index in [0.717, 1.165) is 6.20 Å². The van der Waals surface area contributed by atoms with E-state index in [2.05, 4.69) is 15.3 Å². The molecule has 8 heteroatoms. The lowest BCUT2D eigenvalue weighted by molar-refractivity contribution is -0.120. The summed E-state index contributed by atoms with van der Waals surface area (Å²) in [5.41, 5.74) is 5.46. The molecule has 0 radical (unpaired) electrons. The summed E-state index contributed by atoms with van der Waals surface area (Å²) in [6.07, 6.45) is 2.25. The van der Waals surface area contributed by atoms with Gasteiger partial charge in [0, 0.05) is 19.1 Å². The molecular weight excluding hydrogens is 263 g/mol. The van der Waals surface area contributed by atoms with E-state index in [9.17, 15) is 9.18 Å². The Bertz CT molecular complexity index is 535. The number of nitrogens with one attached hydrogen (secondary N) is 1. The monoisotopic (exact) mass is 278 g/mol. The van der Waals surface area contributed by atoms with E-state index in [0.29, 0.717) is 25.9 Å². The number of hydrogen-bond acceptors (Lipinski definition) is 6. The third kappa shape index (κ3) is 3.32. The molecule has 1 aromatic heterocycles. The molecule has 2 rings (SSSR count). The van der Waals surface area contributed by atoms with E-state index < -0.39 is 5.82 Å². The molecule has 3 N–H and O–H groups in total. The molecule has 20 heavy (non-hydrogen) atoms. The van der Waals surface area contributed by atoms with Crippen molar-refractivity contribution in [2.24, 2.45) is 0 Å². The summed E-state index contributed by atoms with van der Waals surface area (Å²) < 4.78 is 13.6. The zero-order valence-corrected chi connectivity index (χ0v) is 10.8. The third-order valence-electron chi connectivity index (χ3n) is 3.14. The van der Waals surface area contributed by atoms with Gasteiger partial charge in [0.25, 0.3) is 0 Å². The van der Waals surface area contributed by atoms with Crippen LogP contribution in [0.15, 0.2) is 6.20 Å². The minimum absolute atomic E-state index is 0.00865. The molecule has 2 heterocycles. The van der Waals surface area contributed by atoms with Gasteiger partial charge in [-0.05, 0) is 12.8 Å². The van der Waals surface area contributed by atoms with Gasteiger partial charge >= 0.3 is 0 Å². The van der Waals surface area contributed by atoms with Gasteiger partial charge in [-0.1, -0.05) is 0 Å². The molecule has 0 aliphatic carbocycles. The Kier molecular flexibility index (Phi) is 4.30. The maximum atomic E-state index is 13.6. The third-order valence-corrected chi connectivity index (χ3v) is 3.14. The molecule has 0 saturated carbocycles. The second kappa shape index (κ2) is 6.14.